The minimum absolute atomic E-state index is 0.134. The molecule has 3 heterocycles. The Morgan fingerprint density at radius 3 is 2.74 bits per heavy atom. The van der Waals surface area contributed by atoms with Gasteiger partial charge in [-0.2, -0.15) is 5.26 Å². The summed E-state index contributed by atoms with van der Waals surface area (Å²) in [5, 5.41) is 32.6. The van der Waals surface area contributed by atoms with Gasteiger partial charge in [-0.1, -0.05) is 11.6 Å². The lowest BCUT2D eigenvalue weighted by Crippen LogP contribution is -2.42. The highest BCUT2D eigenvalue weighted by atomic mass is 35.5. The maximum atomic E-state index is 9.66. The SMILES string of the molecule is C[C@H](CO)NC1CCC(Nc2cc(-c3csc(NCC4(C#N)CCOCC4)n3)c(Cl)cn2)CC1. The minimum atomic E-state index is -0.403. The van der Waals surface area contributed by atoms with Gasteiger partial charge in [0.05, 0.1) is 28.8 Å². The molecule has 34 heavy (non-hydrogen) atoms. The van der Waals surface area contributed by atoms with Gasteiger partial charge in [0, 0.05) is 55.0 Å². The molecule has 0 radical (unpaired) electrons. The van der Waals surface area contributed by atoms with Crippen LogP contribution < -0.4 is 16.0 Å². The zero-order chi connectivity index (χ0) is 24.0. The van der Waals surface area contributed by atoms with Crippen LogP contribution in [0.4, 0.5) is 10.9 Å². The first kappa shape index (κ1) is 25.1. The van der Waals surface area contributed by atoms with E-state index in [1.807, 2.05) is 18.4 Å². The number of aromatic nitrogens is 2. The molecule has 2 fully saturated rings. The van der Waals surface area contributed by atoms with Crippen molar-refractivity contribution in [2.75, 3.05) is 37.0 Å². The summed E-state index contributed by atoms with van der Waals surface area (Å²) in [4.78, 5) is 9.21. The molecule has 0 amide bonds. The Hall–Kier alpha value is -1.96. The van der Waals surface area contributed by atoms with E-state index in [0.717, 1.165) is 60.7 Å². The second kappa shape index (κ2) is 11.6. The van der Waals surface area contributed by atoms with Gasteiger partial charge in [-0.3, -0.25) is 0 Å². The van der Waals surface area contributed by atoms with Crippen LogP contribution in [0.5, 0.6) is 0 Å². The fourth-order valence-electron chi connectivity index (χ4n) is 4.60. The summed E-state index contributed by atoms with van der Waals surface area (Å²) in [7, 11) is 0. The van der Waals surface area contributed by atoms with E-state index in [0.29, 0.717) is 36.9 Å². The van der Waals surface area contributed by atoms with Gasteiger partial charge in [0.25, 0.3) is 0 Å². The Labute approximate surface area is 210 Å². The summed E-state index contributed by atoms with van der Waals surface area (Å²) >= 11 is 7.99. The van der Waals surface area contributed by atoms with Crippen LogP contribution in [0, 0.1) is 16.7 Å². The molecular formula is C24H33ClN6O2S. The van der Waals surface area contributed by atoms with Gasteiger partial charge in [0.1, 0.15) is 5.82 Å². The molecule has 0 aromatic carbocycles. The number of nitriles is 1. The molecule has 10 heteroatoms. The lowest BCUT2D eigenvalue weighted by Gasteiger charge is -2.31. The number of hydrogen-bond donors (Lipinski definition) is 4. The zero-order valence-corrected chi connectivity index (χ0v) is 21.1. The number of thiazole rings is 1. The maximum absolute atomic E-state index is 9.66. The Balaban J connectivity index is 1.35. The molecule has 0 unspecified atom stereocenters. The van der Waals surface area contributed by atoms with E-state index >= 15 is 0 Å². The third kappa shape index (κ3) is 6.37. The number of nitrogens with one attached hydrogen (secondary N) is 3. The van der Waals surface area contributed by atoms with Crippen LogP contribution in [0.25, 0.3) is 11.3 Å². The predicted molar refractivity (Wildman–Crippen MR) is 136 cm³/mol. The van der Waals surface area contributed by atoms with Gasteiger partial charge in [-0.25, -0.2) is 9.97 Å². The molecule has 1 saturated carbocycles. The van der Waals surface area contributed by atoms with E-state index in [2.05, 4.69) is 27.0 Å². The summed E-state index contributed by atoms with van der Waals surface area (Å²) in [6.07, 6.45) is 7.38. The second-order valence-corrected chi connectivity index (χ2v) is 10.7. The Morgan fingerprint density at radius 1 is 1.29 bits per heavy atom. The van der Waals surface area contributed by atoms with E-state index in [4.69, 9.17) is 21.3 Å². The van der Waals surface area contributed by atoms with E-state index < -0.39 is 5.41 Å². The number of pyridine rings is 1. The van der Waals surface area contributed by atoms with Crippen molar-refractivity contribution in [1.82, 2.24) is 15.3 Å². The first-order valence-electron chi connectivity index (χ1n) is 12.0. The zero-order valence-electron chi connectivity index (χ0n) is 19.5. The lowest BCUT2D eigenvalue weighted by molar-refractivity contribution is 0.0456. The number of aliphatic hydroxyl groups is 1. The van der Waals surface area contributed by atoms with Crippen molar-refractivity contribution < 1.29 is 9.84 Å². The number of aliphatic hydroxyl groups excluding tert-OH is 1. The summed E-state index contributed by atoms with van der Waals surface area (Å²) in [6, 6.07) is 5.39. The molecule has 2 aliphatic rings. The van der Waals surface area contributed by atoms with Crippen LogP contribution in [0.2, 0.25) is 5.02 Å². The van der Waals surface area contributed by atoms with Crippen molar-refractivity contribution in [3.05, 3.63) is 22.7 Å². The van der Waals surface area contributed by atoms with Crippen molar-refractivity contribution in [3.8, 4) is 17.3 Å². The molecule has 1 atom stereocenters. The number of nitrogens with zero attached hydrogens (tertiary/aromatic N) is 3. The van der Waals surface area contributed by atoms with Crippen molar-refractivity contribution in [2.24, 2.45) is 5.41 Å². The monoisotopic (exact) mass is 504 g/mol. The average Bonchev–Trinajstić information content (AvgIpc) is 3.34. The fraction of sp³-hybridized carbons (Fsp3) is 0.625. The number of anilines is 2. The van der Waals surface area contributed by atoms with Crippen LogP contribution in [-0.4, -0.2) is 59.6 Å². The molecule has 1 aliphatic heterocycles. The van der Waals surface area contributed by atoms with Gasteiger partial charge in [-0.15, -0.1) is 11.3 Å². The molecule has 1 saturated heterocycles. The molecule has 8 nitrogen and oxygen atoms in total. The molecular weight excluding hydrogens is 472 g/mol. The van der Waals surface area contributed by atoms with Gasteiger partial charge >= 0.3 is 0 Å². The van der Waals surface area contributed by atoms with Crippen LogP contribution in [0.15, 0.2) is 17.6 Å². The largest absolute Gasteiger partial charge is 0.395 e. The Bertz CT molecular complexity index is 982. The second-order valence-electron chi connectivity index (χ2n) is 9.39. The molecule has 4 N–H and O–H groups in total. The fourth-order valence-corrected chi connectivity index (χ4v) is 5.51. The quantitative estimate of drug-likeness (QED) is 0.400. The van der Waals surface area contributed by atoms with Crippen molar-refractivity contribution in [1.29, 1.82) is 5.26 Å². The van der Waals surface area contributed by atoms with Gasteiger partial charge in [0.2, 0.25) is 0 Å². The predicted octanol–water partition coefficient (Wildman–Crippen LogP) is 4.28. The molecule has 1 aliphatic carbocycles. The summed E-state index contributed by atoms with van der Waals surface area (Å²) in [5.74, 6) is 0.799. The normalized spacial score (nSPS) is 23.1. The molecule has 0 bridgehead atoms. The topological polar surface area (TPSA) is 115 Å². The number of rotatable bonds is 9. The summed E-state index contributed by atoms with van der Waals surface area (Å²) < 4.78 is 5.41. The van der Waals surface area contributed by atoms with Crippen LogP contribution >= 0.6 is 22.9 Å². The van der Waals surface area contributed by atoms with E-state index in [1.165, 1.54) is 11.3 Å². The standard InChI is InChI=1S/C24H33ClN6O2S/c1-16(12-32)29-17-2-4-18(5-3-17)30-22-10-19(20(25)11-27-22)21-13-34-23(31-21)28-15-24(14-26)6-8-33-9-7-24/h10-11,13,16-18,29,32H,2-9,12,15H2,1H3,(H,27,30)(H,28,31)/t16-,17?,18?/m1/s1. The molecule has 184 valence electrons. The highest BCUT2D eigenvalue weighted by Crippen LogP contribution is 2.34. The van der Waals surface area contributed by atoms with Gasteiger partial charge in [0.15, 0.2) is 5.13 Å². The van der Waals surface area contributed by atoms with Crippen LogP contribution in [0.3, 0.4) is 0 Å². The Kier molecular flexibility index (Phi) is 8.61. The van der Waals surface area contributed by atoms with Crippen molar-refractivity contribution >= 4 is 33.9 Å². The lowest BCUT2D eigenvalue weighted by atomic mass is 9.82. The smallest absolute Gasteiger partial charge is 0.183 e. The summed E-state index contributed by atoms with van der Waals surface area (Å²) in [6.45, 7) is 3.99. The molecule has 2 aromatic heterocycles. The van der Waals surface area contributed by atoms with Gasteiger partial charge < -0.3 is 25.8 Å². The first-order valence-corrected chi connectivity index (χ1v) is 13.2. The third-order valence-electron chi connectivity index (χ3n) is 6.77. The molecule has 2 aromatic rings. The minimum Gasteiger partial charge on any atom is -0.395 e. The number of ether oxygens (including phenoxy) is 1. The van der Waals surface area contributed by atoms with Crippen molar-refractivity contribution in [3.63, 3.8) is 0 Å². The highest BCUT2D eigenvalue weighted by molar-refractivity contribution is 7.14. The van der Waals surface area contributed by atoms with Crippen LogP contribution in [-0.2, 0) is 4.74 Å². The van der Waals surface area contributed by atoms with Crippen LogP contribution in [0.1, 0.15) is 45.4 Å². The maximum Gasteiger partial charge on any atom is 0.183 e. The van der Waals surface area contributed by atoms with Gasteiger partial charge in [-0.05, 0) is 51.5 Å². The van der Waals surface area contributed by atoms with Crippen molar-refractivity contribution in [2.45, 2.75) is 63.6 Å². The molecule has 0 spiro atoms. The third-order valence-corrected chi connectivity index (χ3v) is 7.88. The Morgan fingerprint density at radius 2 is 2.03 bits per heavy atom. The van der Waals surface area contributed by atoms with E-state index in [9.17, 15) is 10.4 Å². The first-order chi connectivity index (χ1) is 16.5. The highest BCUT2D eigenvalue weighted by Gasteiger charge is 2.32. The number of hydrogen-bond acceptors (Lipinski definition) is 9. The van der Waals surface area contributed by atoms with E-state index in [-0.39, 0.29) is 12.6 Å². The summed E-state index contributed by atoms with van der Waals surface area (Å²) in [5.41, 5.74) is 1.24. The molecule has 4 rings (SSSR count). The average molecular weight is 505 g/mol. The number of halogens is 1. The van der Waals surface area contributed by atoms with E-state index in [1.54, 1.807) is 6.20 Å².